The second kappa shape index (κ2) is 4.83. The summed E-state index contributed by atoms with van der Waals surface area (Å²) in [7, 11) is 0. The average molecular weight is 275 g/mol. The molecule has 0 spiro atoms. The minimum atomic E-state index is 0.0142. The fourth-order valence-electron chi connectivity index (χ4n) is 5.53. The van der Waals surface area contributed by atoms with E-state index in [4.69, 9.17) is 0 Å². The molecule has 4 bridgehead atoms. The number of nitrogens with zero attached hydrogens (tertiary/aromatic N) is 3. The molecule has 110 valence electrons. The fourth-order valence-corrected chi connectivity index (χ4v) is 5.53. The molecule has 4 nitrogen and oxygen atoms in total. The normalized spacial score (nSPS) is 38.6. The van der Waals surface area contributed by atoms with Crippen LogP contribution in [0.15, 0.2) is 0 Å². The zero-order valence-corrected chi connectivity index (χ0v) is 12.3. The molecule has 4 aliphatic carbocycles. The molecule has 0 amide bonds. The topological polar surface area (TPSA) is 50.9 Å². The van der Waals surface area contributed by atoms with Crippen LogP contribution < -0.4 is 0 Å². The van der Waals surface area contributed by atoms with Crippen molar-refractivity contribution in [2.24, 2.45) is 23.7 Å². The molecule has 4 aliphatic rings. The van der Waals surface area contributed by atoms with Crippen LogP contribution in [0.1, 0.15) is 63.0 Å². The first kappa shape index (κ1) is 12.8. The van der Waals surface area contributed by atoms with E-state index >= 15 is 0 Å². The Kier molecular flexibility index (Phi) is 3.09. The predicted octanol–water partition coefficient (Wildman–Crippen LogP) is 2.72. The van der Waals surface area contributed by atoms with Crippen molar-refractivity contribution in [3.63, 3.8) is 0 Å². The van der Waals surface area contributed by atoms with E-state index in [1.807, 2.05) is 0 Å². The van der Waals surface area contributed by atoms with E-state index in [1.54, 1.807) is 0 Å². The summed E-state index contributed by atoms with van der Waals surface area (Å²) in [6.07, 6.45) is 8.20. The van der Waals surface area contributed by atoms with Crippen LogP contribution in [0.25, 0.3) is 0 Å². The summed E-state index contributed by atoms with van der Waals surface area (Å²) in [5.41, 5.74) is 0. The molecule has 5 rings (SSSR count). The fraction of sp³-hybridized carbons (Fsp3) is 0.875. The molecule has 0 radical (unpaired) electrons. The molecule has 4 heteroatoms. The van der Waals surface area contributed by atoms with Crippen LogP contribution in [-0.4, -0.2) is 19.9 Å². The second-order valence-electron chi connectivity index (χ2n) is 7.24. The molecule has 4 saturated carbocycles. The van der Waals surface area contributed by atoms with Crippen molar-refractivity contribution in [1.82, 2.24) is 14.8 Å². The monoisotopic (exact) mass is 275 g/mol. The summed E-state index contributed by atoms with van der Waals surface area (Å²) in [5, 5.41) is 18.2. The van der Waals surface area contributed by atoms with Crippen LogP contribution in [0.2, 0.25) is 0 Å². The molecule has 4 fully saturated rings. The van der Waals surface area contributed by atoms with E-state index in [0.29, 0.717) is 5.92 Å². The van der Waals surface area contributed by atoms with Gasteiger partial charge in [0, 0.05) is 12.5 Å². The van der Waals surface area contributed by atoms with Gasteiger partial charge in [-0.05, 0) is 62.2 Å². The van der Waals surface area contributed by atoms with Crippen molar-refractivity contribution in [1.29, 1.82) is 0 Å². The quantitative estimate of drug-likeness (QED) is 0.919. The van der Waals surface area contributed by atoms with Crippen LogP contribution in [0.4, 0.5) is 0 Å². The third-order valence-corrected chi connectivity index (χ3v) is 5.97. The van der Waals surface area contributed by atoms with E-state index in [0.717, 1.165) is 42.5 Å². The average Bonchev–Trinajstić information content (AvgIpc) is 2.81. The van der Waals surface area contributed by atoms with Crippen molar-refractivity contribution < 1.29 is 5.11 Å². The maximum absolute atomic E-state index is 9.49. The molecule has 1 heterocycles. The highest BCUT2D eigenvalue weighted by Gasteiger charge is 2.50. The van der Waals surface area contributed by atoms with Gasteiger partial charge in [0.2, 0.25) is 0 Å². The highest BCUT2D eigenvalue weighted by molar-refractivity contribution is 5.12. The zero-order valence-electron chi connectivity index (χ0n) is 12.3. The van der Waals surface area contributed by atoms with E-state index < -0.39 is 0 Å². The lowest BCUT2D eigenvalue weighted by molar-refractivity contribution is -0.00700. The second-order valence-corrected chi connectivity index (χ2v) is 7.24. The zero-order chi connectivity index (χ0) is 13.7. The van der Waals surface area contributed by atoms with Gasteiger partial charge in [0.1, 0.15) is 12.4 Å². The van der Waals surface area contributed by atoms with E-state index in [9.17, 15) is 5.11 Å². The Hall–Kier alpha value is -0.900. The first-order valence-corrected chi connectivity index (χ1v) is 8.33. The highest BCUT2D eigenvalue weighted by atomic mass is 16.3. The number of aliphatic hydroxyl groups excluding tert-OH is 1. The van der Waals surface area contributed by atoms with Crippen molar-refractivity contribution in [2.75, 3.05) is 0 Å². The van der Waals surface area contributed by atoms with Gasteiger partial charge < -0.3 is 9.67 Å². The molecule has 0 saturated heterocycles. The van der Waals surface area contributed by atoms with Crippen LogP contribution in [0.3, 0.4) is 0 Å². The Morgan fingerprint density at radius 1 is 1.05 bits per heavy atom. The minimum Gasteiger partial charge on any atom is -0.388 e. The van der Waals surface area contributed by atoms with Crippen LogP contribution in [-0.2, 0) is 13.2 Å². The van der Waals surface area contributed by atoms with Crippen molar-refractivity contribution in [3.05, 3.63) is 11.6 Å². The van der Waals surface area contributed by atoms with E-state index in [1.165, 1.54) is 37.9 Å². The van der Waals surface area contributed by atoms with Crippen molar-refractivity contribution >= 4 is 0 Å². The standard InChI is InChI=1S/C16H25N3O/c1-2-3-19-14(9-20)17-18-16(19)15-12-5-10-4-11(7-12)8-13(15)6-10/h10-13,15,20H,2-9H2,1H3. The molecule has 20 heavy (non-hydrogen) atoms. The smallest absolute Gasteiger partial charge is 0.158 e. The van der Waals surface area contributed by atoms with Gasteiger partial charge in [0.05, 0.1) is 0 Å². The van der Waals surface area contributed by atoms with Gasteiger partial charge in [-0.25, -0.2) is 0 Å². The maximum atomic E-state index is 9.49. The minimum absolute atomic E-state index is 0.0142. The first-order chi connectivity index (χ1) is 9.80. The summed E-state index contributed by atoms with van der Waals surface area (Å²) in [6.45, 7) is 3.14. The van der Waals surface area contributed by atoms with Gasteiger partial charge in [-0.1, -0.05) is 6.92 Å². The largest absolute Gasteiger partial charge is 0.388 e. The van der Waals surface area contributed by atoms with Gasteiger partial charge in [-0.15, -0.1) is 10.2 Å². The summed E-state index contributed by atoms with van der Waals surface area (Å²) in [5.74, 6) is 6.21. The van der Waals surface area contributed by atoms with Gasteiger partial charge in [0.25, 0.3) is 0 Å². The Labute approximate surface area is 120 Å². The van der Waals surface area contributed by atoms with Crippen molar-refractivity contribution in [2.45, 2.75) is 64.5 Å². The maximum Gasteiger partial charge on any atom is 0.158 e. The predicted molar refractivity (Wildman–Crippen MR) is 76.0 cm³/mol. The van der Waals surface area contributed by atoms with Gasteiger partial charge in [-0.3, -0.25) is 0 Å². The summed E-state index contributed by atoms with van der Waals surface area (Å²) < 4.78 is 2.22. The van der Waals surface area contributed by atoms with Crippen LogP contribution >= 0.6 is 0 Å². The molecule has 0 aliphatic heterocycles. The van der Waals surface area contributed by atoms with E-state index in [2.05, 4.69) is 21.7 Å². The molecule has 0 aromatic carbocycles. The Morgan fingerprint density at radius 3 is 2.25 bits per heavy atom. The van der Waals surface area contributed by atoms with E-state index in [-0.39, 0.29) is 6.61 Å². The lowest BCUT2D eigenvalue weighted by atomic mass is 9.51. The molecule has 0 unspecified atom stereocenters. The highest BCUT2D eigenvalue weighted by Crippen LogP contribution is 2.59. The molecular formula is C16H25N3O. The number of rotatable bonds is 4. The third-order valence-electron chi connectivity index (χ3n) is 5.97. The summed E-state index contributed by atoms with van der Waals surface area (Å²) in [4.78, 5) is 0. The molecule has 0 atom stereocenters. The number of hydrogen-bond donors (Lipinski definition) is 1. The lowest BCUT2D eigenvalue weighted by Crippen LogP contribution is -2.44. The molecule has 1 N–H and O–H groups in total. The Morgan fingerprint density at radius 2 is 1.70 bits per heavy atom. The Balaban J connectivity index is 1.69. The van der Waals surface area contributed by atoms with Gasteiger partial charge >= 0.3 is 0 Å². The Bertz CT molecular complexity index is 468. The van der Waals surface area contributed by atoms with Gasteiger partial charge in [-0.2, -0.15) is 0 Å². The number of aliphatic hydroxyl groups is 1. The molecule has 1 aromatic heterocycles. The molecule has 1 aromatic rings. The SMILES string of the molecule is CCCn1c(CO)nnc1C1C2CC3CC(C2)CC1C3. The van der Waals surface area contributed by atoms with Crippen LogP contribution in [0, 0.1) is 23.7 Å². The number of aromatic nitrogens is 3. The first-order valence-electron chi connectivity index (χ1n) is 8.33. The summed E-state index contributed by atoms with van der Waals surface area (Å²) >= 11 is 0. The van der Waals surface area contributed by atoms with Gasteiger partial charge in [0.15, 0.2) is 5.82 Å². The summed E-state index contributed by atoms with van der Waals surface area (Å²) in [6, 6.07) is 0. The third kappa shape index (κ3) is 1.84. The number of hydrogen-bond acceptors (Lipinski definition) is 3. The molecular weight excluding hydrogens is 250 g/mol. The van der Waals surface area contributed by atoms with Crippen molar-refractivity contribution in [3.8, 4) is 0 Å². The lowest BCUT2D eigenvalue weighted by Gasteiger charge is -2.54. The van der Waals surface area contributed by atoms with Crippen LogP contribution in [0.5, 0.6) is 0 Å².